The summed E-state index contributed by atoms with van der Waals surface area (Å²) in [5.41, 5.74) is 5.57. The fourth-order valence-corrected chi connectivity index (χ4v) is 0.948. The molecule has 1 aromatic heterocycles. The lowest BCUT2D eigenvalue weighted by molar-refractivity contribution is -0.134. The number of rotatable bonds is 4. The topological polar surface area (TPSA) is 64.9 Å². The maximum absolute atomic E-state index is 11.9. The van der Waals surface area contributed by atoms with Gasteiger partial charge < -0.3 is 10.3 Å². The van der Waals surface area contributed by atoms with Crippen LogP contribution < -0.4 is 5.73 Å². The second-order valence-corrected chi connectivity index (χ2v) is 3.18. The van der Waals surface area contributed by atoms with Crippen molar-refractivity contribution in [3.05, 3.63) is 11.7 Å². The number of hydrogen-bond acceptors (Lipinski definition) is 4. The first-order valence-electron chi connectivity index (χ1n) is 4.57. The Morgan fingerprint density at radius 3 is 2.67 bits per heavy atom. The molecule has 0 aliphatic carbocycles. The minimum atomic E-state index is -4.20. The van der Waals surface area contributed by atoms with E-state index >= 15 is 0 Å². The fraction of sp³-hybridized carbons (Fsp3) is 0.750. The van der Waals surface area contributed by atoms with Crippen LogP contribution in [0.25, 0.3) is 0 Å². The Morgan fingerprint density at radius 2 is 2.13 bits per heavy atom. The Hall–Kier alpha value is -1.11. The number of hydrogen-bond donors (Lipinski definition) is 1. The molecule has 86 valence electrons. The highest BCUT2D eigenvalue weighted by Crippen LogP contribution is 2.21. The number of aryl methyl sites for hydroxylation is 1. The third kappa shape index (κ3) is 3.86. The second kappa shape index (κ2) is 4.61. The molecule has 0 aliphatic heterocycles. The van der Waals surface area contributed by atoms with Crippen LogP contribution in [0.3, 0.4) is 0 Å². The molecule has 0 fully saturated rings. The van der Waals surface area contributed by atoms with Crippen LogP contribution in [0.15, 0.2) is 4.52 Å². The van der Waals surface area contributed by atoms with Crippen molar-refractivity contribution in [1.29, 1.82) is 0 Å². The van der Waals surface area contributed by atoms with Gasteiger partial charge in [-0.05, 0) is 6.42 Å². The van der Waals surface area contributed by atoms with Crippen molar-refractivity contribution in [3.63, 3.8) is 0 Å². The fourth-order valence-electron chi connectivity index (χ4n) is 0.948. The molecular weight excluding hydrogens is 211 g/mol. The third-order valence-corrected chi connectivity index (χ3v) is 1.87. The largest absolute Gasteiger partial charge is 0.389 e. The SMILES string of the molecule is CC[C@@H](N)c1nc(CCC(F)(F)F)no1. The lowest BCUT2D eigenvalue weighted by Crippen LogP contribution is -2.10. The molecule has 0 radical (unpaired) electrons. The summed E-state index contributed by atoms with van der Waals surface area (Å²) in [6, 6.07) is -0.405. The quantitative estimate of drug-likeness (QED) is 0.847. The van der Waals surface area contributed by atoms with Crippen LogP contribution in [-0.2, 0) is 6.42 Å². The first-order valence-corrected chi connectivity index (χ1v) is 4.57. The van der Waals surface area contributed by atoms with Crippen LogP contribution in [0.1, 0.15) is 37.5 Å². The lowest BCUT2D eigenvalue weighted by atomic mass is 10.2. The third-order valence-electron chi connectivity index (χ3n) is 1.87. The van der Waals surface area contributed by atoms with Gasteiger partial charge in [0.1, 0.15) is 0 Å². The van der Waals surface area contributed by atoms with E-state index in [-0.39, 0.29) is 18.1 Å². The Balaban J connectivity index is 2.53. The maximum Gasteiger partial charge on any atom is 0.389 e. The van der Waals surface area contributed by atoms with E-state index in [4.69, 9.17) is 10.3 Å². The van der Waals surface area contributed by atoms with Crippen molar-refractivity contribution >= 4 is 0 Å². The minimum Gasteiger partial charge on any atom is -0.338 e. The monoisotopic (exact) mass is 223 g/mol. The van der Waals surface area contributed by atoms with Gasteiger partial charge in [-0.1, -0.05) is 12.1 Å². The summed E-state index contributed by atoms with van der Waals surface area (Å²) >= 11 is 0. The highest BCUT2D eigenvalue weighted by Gasteiger charge is 2.27. The Kier molecular flexibility index (Phi) is 3.67. The average molecular weight is 223 g/mol. The van der Waals surface area contributed by atoms with Gasteiger partial charge in [-0.15, -0.1) is 0 Å². The average Bonchev–Trinajstić information content (AvgIpc) is 2.61. The van der Waals surface area contributed by atoms with Crippen LogP contribution in [0.4, 0.5) is 13.2 Å². The molecule has 0 spiro atoms. The van der Waals surface area contributed by atoms with Crippen LogP contribution in [-0.4, -0.2) is 16.3 Å². The molecular formula is C8H12F3N3O. The van der Waals surface area contributed by atoms with Crippen LogP contribution >= 0.6 is 0 Å². The number of nitrogens with two attached hydrogens (primary N) is 1. The molecule has 7 heteroatoms. The van der Waals surface area contributed by atoms with E-state index in [1.54, 1.807) is 0 Å². The minimum absolute atomic E-state index is 0.0474. The number of nitrogens with zero attached hydrogens (tertiary/aromatic N) is 2. The standard InChI is InChI=1S/C8H12F3N3O/c1-2-5(12)7-13-6(14-15-7)3-4-8(9,10)11/h5H,2-4,12H2,1H3/t5-/m1/s1. The van der Waals surface area contributed by atoms with Crippen molar-refractivity contribution in [1.82, 2.24) is 10.1 Å². The van der Waals surface area contributed by atoms with Gasteiger partial charge in [0.05, 0.1) is 12.5 Å². The van der Waals surface area contributed by atoms with Crippen molar-refractivity contribution in [2.75, 3.05) is 0 Å². The van der Waals surface area contributed by atoms with Gasteiger partial charge in [0, 0.05) is 6.42 Å². The molecule has 1 heterocycles. The molecule has 4 nitrogen and oxygen atoms in total. The first-order chi connectivity index (χ1) is 6.92. The number of aromatic nitrogens is 2. The molecule has 0 aliphatic rings. The summed E-state index contributed by atoms with van der Waals surface area (Å²) in [6.45, 7) is 1.82. The zero-order valence-corrected chi connectivity index (χ0v) is 8.21. The normalized spacial score (nSPS) is 14.2. The molecule has 0 saturated carbocycles. The predicted octanol–water partition coefficient (Wildman–Crippen LogP) is 1.97. The van der Waals surface area contributed by atoms with Crippen LogP contribution in [0.5, 0.6) is 0 Å². The van der Waals surface area contributed by atoms with Crippen LogP contribution in [0, 0.1) is 0 Å². The Bertz CT molecular complexity index is 310. The van der Waals surface area contributed by atoms with E-state index in [1.807, 2.05) is 6.92 Å². The zero-order chi connectivity index (χ0) is 11.5. The number of halogens is 3. The van der Waals surface area contributed by atoms with Gasteiger partial charge in [0.2, 0.25) is 5.89 Å². The summed E-state index contributed by atoms with van der Waals surface area (Å²) in [5, 5.41) is 3.42. The summed E-state index contributed by atoms with van der Waals surface area (Å²) in [4.78, 5) is 3.78. The molecule has 0 amide bonds. The summed E-state index contributed by atoms with van der Waals surface area (Å²) in [5.74, 6) is 0.237. The molecule has 2 N–H and O–H groups in total. The summed E-state index contributed by atoms with van der Waals surface area (Å²) < 4.78 is 40.3. The van der Waals surface area contributed by atoms with E-state index in [2.05, 4.69) is 10.1 Å². The molecule has 0 unspecified atom stereocenters. The number of alkyl halides is 3. The predicted molar refractivity (Wildman–Crippen MR) is 45.9 cm³/mol. The molecule has 1 atom stereocenters. The Labute approximate surface area is 84.6 Å². The van der Waals surface area contributed by atoms with E-state index in [9.17, 15) is 13.2 Å². The Morgan fingerprint density at radius 1 is 1.47 bits per heavy atom. The van der Waals surface area contributed by atoms with E-state index in [1.165, 1.54) is 0 Å². The van der Waals surface area contributed by atoms with Gasteiger partial charge in [-0.25, -0.2) is 0 Å². The van der Waals surface area contributed by atoms with Gasteiger partial charge in [-0.2, -0.15) is 18.2 Å². The van der Waals surface area contributed by atoms with E-state index in [0.29, 0.717) is 6.42 Å². The maximum atomic E-state index is 11.9. The van der Waals surface area contributed by atoms with Gasteiger partial charge >= 0.3 is 6.18 Å². The van der Waals surface area contributed by atoms with Crippen molar-refractivity contribution in [2.45, 2.75) is 38.4 Å². The zero-order valence-electron chi connectivity index (χ0n) is 8.21. The highest BCUT2D eigenvalue weighted by atomic mass is 19.4. The van der Waals surface area contributed by atoms with Crippen molar-refractivity contribution in [2.24, 2.45) is 5.73 Å². The summed E-state index contributed by atoms with van der Waals surface area (Å²) in [6.07, 6.45) is -4.83. The lowest BCUT2D eigenvalue weighted by Gasteiger charge is -2.02. The molecule has 0 aromatic carbocycles. The second-order valence-electron chi connectivity index (χ2n) is 3.18. The molecule has 1 rings (SSSR count). The smallest absolute Gasteiger partial charge is 0.338 e. The van der Waals surface area contributed by atoms with Crippen molar-refractivity contribution in [3.8, 4) is 0 Å². The highest BCUT2D eigenvalue weighted by molar-refractivity contribution is 4.91. The van der Waals surface area contributed by atoms with Gasteiger partial charge in [0.25, 0.3) is 0 Å². The van der Waals surface area contributed by atoms with E-state index in [0.717, 1.165) is 0 Å². The van der Waals surface area contributed by atoms with Gasteiger partial charge in [-0.3, -0.25) is 0 Å². The summed E-state index contributed by atoms with van der Waals surface area (Å²) in [7, 11) is 0. The first kappa shape index (κ1) is 12.0. The van der Waals surface area contributed by atoms with E-state index < -0.39 is 18.6 Å². The molecule has 15 heavy (non-hydrogen) atoms. The molecule has 0 saturated heterocycles. The van der Waals surface area contributed by atoms with Gasteiger partial charge in [0.15, 0.2) is 5.82 Å². The van der Waals surface area contributed by atoms with Crippen molar-refractivity contribution < 1.29 is 17.7 Å². The molecule has 1 aromatic rings. The molecule has 0 bridgehead atoms. The van der Waals surface area contributed by atoms with Crippen LogP contribution in [0.2, 0.25) is 0 Å².